The van der Waals surface area contributed by atoms with Crippen LogP contribution in [0, 0.1) is 56.7 Å². The van der Waals surface area contributed by atoms with Gasteiger partial charge in [-0.2, -0.15) is 0 Å². The smallest absolute Gasteiger partial charge is 0.0594 e. The molecule has 0 amide bonds. The Morgan fingerprint density at radius 2 is 1.53 bits per heavy atom. The molecule has 0 aromatic rings. The maximum atomic E-state index is 10.9. The van der Waals surface area contributed by atoms with Crippen molar-refractivity contribution in [1.29, 1.82) is 0 Å². The van der Waals surface area contributed by atoms with Crippen LogP contribution in [0.25, 0.3) is 0 Å². The molecule has 5 aliphatic rings. The highest BCUT2D eigenvalue weighted by atomic mass is 16.3. The molecular weight excluding hydrogens is 392 g/mol. The van der Waals surface area contributed by atoms with E-state index in [2.05, 4.69) is 48.1 Å². The first-order valence-electron chi connectivity index (χ1n) is 13.8. The average molecular weight is 443 g/mol. The van der Waals surface area contributed by atoms with E-state index in [1.54, 1.807) is 0 Å². The maximum Gasteiger partial charge on any atom is 0.0594 e. The lowest BCUT2D eigenvalue weighted by atomic mass is 9.32. The topological polar surface area (TPSA) is 40.5 Å². The molecule has 5 saturated carbocycles. The first-order chi connectivity index (χ1) is 14.9. The van der Waals surface area contributed by atoms with E-state index < -0.39 is 0 Å². The fourth-order valence-corrected chi connectivity index (χ4v) is 11.5. The molecule has 0 spiro atoms. The van der Waals surface area contributed by atoms with E-state index in [0.29, 0.717) is 40.6 Å². The van der Waals surface area contributed by atoms with Crippen molar-refractivity contribution in [1.82, 2.24) is 0 Å². The third kappa shape index (κ3) is 2.66. The van der Waals surface area contributed by atoms with Crippen LogP contribution in [-0.4, -0.2) is 22.9 Å². The Balaban J connectivity index is 1.55. The first-order valence-corrected chi connectivity index (χ1v) is 13.8. The summed E-state index contributed by atoms with van der Waals surface area (Å²) in [7, 11) is 0. The highest BCUT2D eigenvalue weighted by Gasteiger charge is 2.70. The summed E-state index contributed by atoms with van der Waals surface area (Å²) in [5, 5.41) is 21.5. The van der Waals surface area contributed by atoms with Crippen LogP contribution in [0.15, 0.2) is 12.2 Å². The van der Waals surface area contributed by atoms with E-state index in [1.807, 2.05) is 0 Å². The highest BCUT2D eigenvalue weighted by molar-refractivity contribution is 5.21. The Hall–Kier alpha value is -0.340. The van der Waals surface area contributed by atoms with Crippen molar-refractivity contribution in [2.45, 2.75) is 112 Å². The zero-order valence-electron chi connectivity index (χ0n) is 21.8. The lowest BCUT2D eigenvalue weighted by Gasteiger charge is -2.73. The molecule has 0 aromatic carbocycles. The number of aliphatic hydroxyl groups excluding tert-OH is 2. The van der Waals surface area contributed by atoms with Crippen LogP contribution < -0.4 is 0 Å². The minimum absolute atomic E-state index is 0.0290. The van der Waals surface area contributed by atoms with Crippen molar-refractivity contribution >= 4 is 0 Å². The third-order valence-electron chi connectivity index (χ3n) is 13.5. The lowest BCUT2D eigenvalue weighted by Crippen LogP contribution is -2.66. The summed E-state index contributed by atoms with van der Waals surface area (Å²) >= 11 is 0. The van der Waals surface area contributed by atoms with Gasteiger partial charge in [0.1, 0.15) is 0 Å². The predicted octanol–water partition coefficient (Wildman–Crippen LogP) is 7.00. The lowest BCUT2D eigenvalue weighted by molar-refractivity contribution is -0.249. The van der Waals surface area contributed by atoms with Crippen LogP contribution in [0.2, 0.25) is 0 Å². The van der Waals surface area contributed by atoms with Gasteiger partial charge in [0, 0.05) is 6.61 Å². The monoisotopic (exact) mass is 442 g/mol. The predicted molar refractivity (Wildman–Crippen MR) is 132 cm³/mol. The van der Waals surface area contributed by atoms with Gasteiger partial charge in [0.05, 0.1) is 6.10 Å². The summed E-state index contributed by atoms with van der Waals surface area (Å²) in [5.41, 5.74) is 2.60. The Labute approximate surface area is 197 Å². The molecule has 0 aromatic heterocycles. The Kier molecular flexibility index (Phi) is 5.19. The van der Waals surface area contributed by atoms with E-state index in [-0.39, 0.29) is 16.9 Å². The fourth-order valence-electron chi connectivity index (χ4n) is 11.5. The molecule has 5 aliphatic carbocycles. The molecule has 10 atom stereocenters. The van der Waals surface area contributed by atoms with Gasteiger partial charge < -0.3 is 10.2 Å². The summed E-state index contributed by atoms with van der Waals surface area (Å²) in [6.07, 6.45) is 12.2. The first kappa shape index (κ1) is 23.4. The van der Waals surface area contributed by atoms with E-state index in [9.17, 15) is 10.2 Å². The van der Waals surface area contributed by atoms with Gasteiger partial charge in [0.15, 0.2) is 0 Å². The zero-order valence-corrected chi connectivity index (χ0v) is 21.8. The minimum atomic E-state index is -0.147. The zero-order chi connectivity index (χ0) is 23.3. The normalized spacial score (nSPS) is 56.5. The van der Waals surface area contributed by atoms with Crippen LogP contribution >= 0.6 is 0 Å². The minimum Gasteiger partial charge on any atom is -0.396 e. The van der Waals surface area contributed by atoms with Gasteiger partial charge in [-0.1, -0.05) is 46.8 Å². The van der Waals surface area contributed by atoms with Gasteiger partial charge in [-0.25, -0.2) is 0 Å². The quantitative estimate of drug-likeness (QED) is 0.452. The van der Waals surface area contributed by atoms with Crippen molar-refractivity contribution in [3.8, 4) is 0 Å². The van der Waals surface area contributed by atoms with Gasteiger partial charge in [0.2, 0.25) is 0 Å². The van der Waals surface area contributed by atoms with E-state index in [0.717, 1.165) is 18.3 Å². The maximum absolute atomic E-state index is 10.9. The van der Waals surface area contributed by atoms with Gasteiger partial charge in [-0.05, 0) is 128 Å². The van der Waals surface area contributed by atoms with Gasteiger partial charge in [0.25, 0.3) is 0 Å². The molecule has 0 radical (unpaired) electrons. The third-order valence-corrected chi connectivity index (χ3v) is 13.5. The van der Waals surface area contributed by atoms with Crippen LogP contribution in [0.3, 0.4) is 0 Å². The molecule has 2 nitrogen and oxygen atoms in total. The number of rotatable bonds is 2. The van der Waals surface area contributed by atoms with E-state index in [1.165, 1.54) is 63.4 Å². The molecule has 0 bridgehead atoms. The summed E-state index contributed by atoms with van der Waals surface area (Å²) < 4.78 is 0. The summed E-state index contributed by atoms with van der Waals surface area (Å²) in [5.74, 6) is 3.33. The second-order valence-electron chi connectivity index (χ2n) is 14.6. The van der Waals surface area contributed by atoms with E-state index in [4.69, 9.17) is 0 Å². The van der Waals surface area contributed by atoms with Crippen LogP contribution in [0.1, 0.15) is 106 Å². The molecule has 182 valence electrons. The van der Waals surface area contributed by atoms with E-state index >= 15 is 0 Å². The second-order valence-corrected chi connectivity index (χ2v) is 14.6. The van der Waals surface area contributed by atoms with Crippen molar-refractivity contribution in [2.24, 2.45) is 56.7 Å². The Bertz CT molecular complexity index is 786. The molecular formula is C30H50O2. The van der Waals surface area contributed by atoms with Crippen LogP contribution in [0.4, 0.5) is 0 Å². The molecule has 0 aliphatic heterocycles. The summed E-state index contributed by atoms with van der Waals surface area (Å²) in [6.45, 7) is 19.7. The molecule has 0 heterocycles. The molecule has 2 N–H and O–H groups in total. The van der Waals surface area contributed by atoms with Crippen molar-refractivity contribution < 1.29 is 10.2 Å². The summed E-state index contributed by atoms with van der Waals surface area (Å²) in [4.78, 5) is 0. The van der Waals surface area contributed by atoms with Crippen molar-refractivity contribution in [2.75, 3.05) is 6.61 Å². The number of fused-ring (bicyclic) bond motifs is 7. The SMILES string of the molecule is C=C(C)[C@@H]1CC[C@]2(CO)CC[C@]3(C)[C@H](CC[C@@H]4[C@@]5(C)CCC(O)C(C)(C)[C@@H]5CC[C@]43C)[C@@H]12. The number of hydrogen-bond acceptors (Lipinski definition) is 2. The second kappa shape index (κ2) is 7.09. The Morgan fingerprint density at radius 3 is 2.19 bits per heavy atom. The molecule has 0 saturated heterocycles. The number of hydrogen-bond donors (Lipinski definition) is 2. The van der Waals surface area contributed by atoms with Crippen LogP contribution in [-0.2, 0) is 0 Å². The van der Waals surface area contributed by atoms with Crippen molar-refractivity contribution in [3.63, 3.8) is 0 Å². The van der Waals surface area contributed by atoms with Crippen molar-refractivity contribution in [3.05, 3.63) is 12.2 Å². The number of allylic oxidation sites excluding steroid dienone is 1. The number of aliphatic hydroxyl groups is 2. The molecule has 32 heavy (non-hydrogen) atoms. The van der Waals surface area contributed by atoms with Gasteiger partial charge >= 0.3 is 0 Å². The largest absolute Gasteiger partial charge is 0.396 e. The fraction of sp³-hybridized carbons (Fsp3) is 0.933. The standard InChI is InChI=1S/C30H50O2/c1-19(2)20-10-15-30(18-31)17-16-28(6)21(25(20)30)8-9-23-27(5)13-12-24(32)26(3,4)22(27)11-14-29(23,28)7/h20-25,31-32H,1,8-18H2,2-7H3/t20-,21+,22-,23+,24?,25+,27-,28+,29+,30+/m0/s1. The van der Waals surface area contributed by atoms with Crippen LogP contribution in [0.5, 0.6) is 0 Å². The average Bonchev–Trinajstić information content (AvgIpc) is 3.12. The molecule has 5 fully saturated rings. The Morgan fingerprint density at radius 1 is 0.812 bits per heavy atom. The molecule has 1 unspecified atom stereocenters. The highest BCUT2D eigenvalue weighted by Crippen LogP contribution is 2.77. The molecule has 2 heteroatoms. The van der Waals surface area contributed by atoms with Gasteiger partial charge in [-0.15, -0.1) is 0 Å². The van der Waals surface area contributed by atoms with Gasteiger partial charge in [-0.3, -0.25) is 0 Å². The summed E-state index contributed by atoms with van der Waals surface area (Å²) in [6, 6.07) is 0. The molecule has 5 rings (SSSR count).